The summed E-state index contributed by atoms with van der Waals surface area (Å²) < 4.78 is 26.8. The first-order valence-electron chi connectivity index (χ1n) is 5.17. The number of aromatic amines is 1. The Morgan fingerprint density at radius 1 is 1.35 bits per heavy atom. The molecule has 1 atom stereocenters. The lowest BCUT2D eigenvalue weighted by Crippen LogP contribution is -2.26. The molecule has 17 heavy (non-hydrogen) atoms. The van der Waals surface area contributed by atoms with Gasteiger partial charge in [0, 0.05) is 29.1 Å². The van der Waals surface area contributed by atoms with Gasteiger partial charge in [0.2, 0.25) is 0 Å². The number of halogens is 2. The van der Waals surface area contributed by atoms with E-state index in [9.17, 15) is 13.6 Å². The van der Waals surface area contributed by atoms with E-state index in [0.29, 0.717) is 10.9 Å². The Bertz CT molecular complexity index is 620. The third kappa shape index (κ3) is 1.11. The maximum Gasteiger partial charge on any atom is 0.320 e. The first-order chi connectivity index (χ1) is 7.99. The van der Waals surface area contributed by atoms with Gasteiger partial charge < -0.3 is 10.1 Å². The van der Waals surface area contributed by atoms with Gasteiger partial charge in [-0.15, -0.1) is 0 Å². The summed E-state index contributed by atoms with van der Waals surface area (Å²) in [5, 5.41) is 9.62. The molecule has 2 aromatic rings. The molecule has 0 aliphatic heterocycles. The van der Waals surface area contributed by atoms with E-state index in [1.807, 2.05) is 0 Å². The van der Waals surface area contributed by atoms with Crippen LogP contribution in [-0.2, 0) is 10.2 Å². The van der Waals surface area contributed by atoms with Crippen LogP contribution in [0.25, 0.3) is 10.9 Å². The van der Waals surface area contributed by atoms with Gasteiger partial charge in [-0.05, 0) is 6.07 Å². The number of carbonyl (C=O) groups is 1. The van der Waals surface area contributed by atoms with Crippen molar-refractivity contribution in [2.75, 3.05) is 0 Å². The number of H-pyrrole nitrogens is 1. The fraction of sp³-hybridized carbons (Fsp3) is 0.250. The summed E-state index contributed by atoms with van der Waals surface area (Å²) in [6, 6.07) is 6.85. The van der Waals surface area contributed by atoms with Gasteiger partial charge in [0.15, 0.2) is 5.41 Å². The van der Waals surface area contributed by atoms with E-state index in [2.05, 4.69) is 4.98 Å². The Hall–Kier alpha value is -1.91. The average molecular weight is 237 g/mol. The van der Waals surface area contributed by atoms with Gasteiger partial charge in [0.05, 0.1) is 0 Å². The second kappa shape index (κ2) is 2.85. The smallest absolute Gasteiger partial charge is 0.320 e. The first-order valence-corrected chi connectivity index (χ1v) is 5.17. The zero-order valence-corrected chi connectivity index (χ0v) is 8.71. The summed E-state index contributed by atoms with van der Waals surface area (Å²) in [6.07, 6.45) is 0.747. The molecule has 3 rings (SSSR count). The zero-order valence-electron chi connectivity index (χ0n) is 8.71. The van der Waals surface area contributed by atoms with Crippen LogP contribution in [0.15, 0.2) is 30.5 Å². The van der Waals surface area contributed by atoms with Gasteiger partial charge >= 0.3 is 5.97 Å². The van der Waals surface area contributed by atoms with Crippen LogP contribution >= 0.6 is 0 Å². The molecule has 1 unspecified atom stereocenters. The molecule has 2 N–H and O–H groups in total. The van der Waals surface area contributed by atoms with Gasteiger partial charge in [-0.2, -0.15) is 0 Å². The van der Waals surface area contributed by atoms with Crippen molar-refractivity contribution < 1.29 is 18.7 Å². The highest BCUT2D eigenvalue weighted by Crippen LogP contribution is 2.62. The summed E-state index contributed by atoms with van der Waals surface area (Å²) in [6.45, 7) is 0. The van der Waals surface area contributed by atoms with E-state index in [1.165, 1.54) is 6.20 Å². The van der Waals surface area contributed by atoms with Gasteiger partial charge in [0.1, 0.15) is 0 Å². The molecule has 5 heteroatoms. The van der Waals surface area contributed by atoms with Crippen LogP contribution in [0.3, 0.4) is 0 Å². The molecule has 1 aromatic heterocycles. The molecule has 0 radical (unpaired) electrons. The maximum absolute atomic E-state index is 13.4. The lowest BCUT2D eigenvalue weighted by Gasteiger charge is -2.09. The molecule has 0 spiro atoms. The van der Waals surface area contributed by atoms with Crippen LogP contribution in [-0.4, -0.2) is 22.0 Å². The summed E-state index contributed by atoms with van der Waals surface area (Å²) in [7, 11) is 0. The fourth-order valence-electron chi connectivity index (χ4n) is 2.35. The van der Waals surface area contributed by atoms with Crippen LogP contribution in [0.2, 0.25) is 0 Å². The SMILES string of the molecule is O=C(O)C1(c2c[nH]c3ccccc23)CC1(F)F. The normalized spacial score (nSPS) is 26.0. The molecule has 1 aliphatic carbocycles. The van der Waals surface area contributed by atoms with Crippen LogP contribution in [0, 0.1) is 0 Å². The standard InChI is InChI=1S/C12H9F2NO2/c13-12(14)6-11(12,10(16)17)8-5-15-9-4-2-1-3-7(8)9/h1-5,15H,6H2,(H,16,17). The van der Waals surface area contributed by atoms with Crippen LogP contribution < -0.4 is 0 Å². The molecule has 88 valence electrons. The largest absolute Gasteiger partial charge is 0.480 e. The predicted molar refractivity (Wildman–Crippen MR) is 57.2 cm³/mol. The number of aliphatic carboxylic acids is 1. The van der Waals surface area contributed by atoms with E-state index in [0.717, 1.165) is 0 Å². The van der Waals surface area contributed by atoms with Crippen molar-refractivity contribution in [1.29, 1.82) is 0 Å². The quantitative estimate of drug-likeness (QED) is 0.843. The number of nitrogens with one attached hydrogen (secondary N) is 1. The number of hydrogen-bond acceptors (Lipinski definition) is 1. The minimum Gasteiger partial charge on any atom is -0.480 e. The minimum absolute atomic E-state index is 0.172. The van der Waals surface area contributed by atoms with E-state index in [-0.39, 0.29) is 5.56 Å². The van der Waals surface area contributed by atoms with Gasteiger partial charge in [0.25, 0.3) is 5.92 Å². The fourth-order valence-corrected chi connectivity index (χ4v) is 2.35. The number of aromatic nitrogens is 1. The molecule has 0 bridgehead atoms. The highest BCUT2D eigenvalue weighted by Gasteiger charge is 2.77. The van der Waals surface area contributed by atoms with Crippen molar-refractivity contribution >= 4 is 16.9 Å². The van der Waals surface area contributed by atoms with Gasteiger partial charge in [-0.3, -0.25) is 4.79 Å². The highest BCUT2D eigenvalue weighted by molar-refractivity contribution is 5.95. The number of carboxylic acids is 1. The molecular formula is C12H9F2NO2. The summed E-state index contributed by atoms with van der Waals surface area (Å²) in [5.74, 6) is -4.63. The summed E-state index contributed by atoms with van der Waals surface area (Å²) in [5.41, 5.74) is -1.21. The maximum atomic E-state index is 13.4. The van der Waals surface area contributed by atoms with Crippen molar-refractivity contribution in [3.63, 3.8) is 0 Å². The molecule has 1 aliphatic rings. The number of rotatable bonds is 2. The first kappa shape index (κ1) is 10.3. The predicted octanol–water partition coefficient (Wildman–Crippen LogP) is 2.53. The Labute approximate surface area is 95.1 Å². The summed E-state index contributed by atoms with van der Waals surface area (Å²) >= 11 is 0. The van der Waals surface area contributed by atoms with E-state index in [4.69, 9.17) is 5.11 Å². The van der Waals surface area contributed by atoms with Crippen LogP contribution in [0.5, 0.6) is 0 Å². The second-order valence-electron chi connectivity index (χ2n) is 4.34. The molecule has 1 fully saturated rings. The Balaban J connectivity index is 2.25. The minimum atomic E-state index is -3.16. The van der Waals surface area contributed by atoms with Crippen molar-refractivity contribution in [2.45, 2.75) is 17.8 Å². The Kier molecular flexibility index (Phi) is 1.72. The zero-order chi connectivity index (χ0) is 12.3. The second-order valence-corrected chi connectivity index (χ2v) is 4.34. The monoisotopic (exact) mass is 237 g/mol. The van der Waals surface area contributed by atoms with Gasteiger partial charge in [-0.1, -0.05) is 18.2 Å². The summed E-state index contributed by atoms with van der Waals surface area (Å²) in [4.78, 5) is 14.0. The van der Waals surface area contributed by atoms with Crippen molar-refractivity contribution in [3.05, 3.63) is 36.0 Å². The topological polar surface area (TPSA) is 53.1 Å². The molecule has 0 saturated heterocycles. The van der Waals surface area contributed by atoms with Crippen molar-refractivity contribution in [3.8, 4) is 0 Å². The third-order valence-corrected chi connectivity index (χ3v) is 3.40. The van der Waals surface area contributed by atoms with E-state index in [1.54, 1.807) is 24.3 Å². The molecule has 1 aromatic carbocycles. The number of para-hydroxylation sites is 1. The number of alkyl halides is 2. The number of hydrogen-bond donors (Lipinski definition) is 2. The third-order valence-electron chi connectivity index (χ3n) is 3.40. The highest BCUT2D eigenvalue weighted by atomic mass is 19.3. The lowest BCUT2D eigenvalue weighted by molar-refractivity contribution is -0.142. The molecule has 3 nitrogen and oxygen atoms in total. The van der Waals surface area contributed by atoms with Crippen LogP contribution in [0.4, 0.5) is 8.78 Å². The van der Waals surface area contributed by atoms with E-state index < -0.39 is 23.7 Å². The lowest BCUT2D eigenvalue weighted by atomic mass is 9.95. The molecule has 0 amide bonds. The average Bonchev–Trinajstić information content (AvgIpc) is 2.70. The van der Waals surface area contributed by atoms with Crippen molar-refractivity contribution in [2.24, 2.45) is 0 Å². The molecule has 1 saturated carbocycles. The number of carboxylic acid groups (broad SMARTS) is 1. The Morgan fingerprint density at radius 3 is 2.59 bits per heavy atom. The van der Waals surface area contributed by atoms with Gasteiger partial charge in [-0.25, -0.2) is 8.78 Å². The number of fused-ring (bicyclic) bond motifs is 1. The number of benzene rings is 1. The molecule has 1 heterocycles. The van der Waals surface area contributed by atoms with E-state index >= 15 is 0 Å². The Morgan fingerprint density at radius 2 is 2.00 bits per heavy atom. The van der Waals surface area contributed by atoms with Crippen LogP contribution in [0.1, 0.15) is 12.0 Å². The molecular weight excluding hydrogens is 228 g/mol. The van der Waals surface area contributed by atoms with Crippen molar-refractivity contribution in [1.82, 2.24) is 4.98 Å².